The summed E-state index contributed by atoms with van der Waals surface area (Å²) in [6.07, 6.45) is 10.3. The van der Waals surface area contributed by atoms with Gasteiger partial charge in [-0.25, -0.2) is 9.59 Å². The maximum Gasteiger partial charge on any atom is 0.514 e. The van der Waals surface area contributed by atoms with Gasteiger partial charge in [0.15, 0.2) is 18.1 Å². The number of benzene rings is 2. The lowest BCUT2D eigenvalue weighted by atomic mass is 9.92. The van der Waals surface area contributed by atoms with Crippen molar-refractivity contribution in [3.8, 4) is 22.8 Å². The molecule has 0 spiro atoms. The van der Waals surface area contributed by atoms with E-state index in [-0.39, 0.29) is 30.1 Å². The second-order valence-corrected chi connectivity index (χ2v) is 17.0. The molecule has 14 nitrogen and oxygen atoms in total. The van der Waals surface area contributed by atoms with E-state index in [2.05, 4.69) is 45.2 Å². The Hall–Kier alpha value is -4.69. The number of nitrogens with zero attached hydrogens (tertiary/aromatic N) is 4. The second kappa shape index (κ2) is 20.1. The zero-order valence-electron chi connectivity index (χ0n) is 34.9. The molecule has 1 fully saturated rings. The van der Waals surface area contributed by atoms with Crippen LogP contribution in [0.4, 0.5) is 15.3 Å². The summed E-state index contributed by atoms with van der Waals surface area (Å²) in [4.78, 5) is 39.8. The second-order valence-electron chi connectivity index (χ2n) is 17.0. The highest BCUT2D eigenvalue weighted by Crippen LogP contribution is 2.40. The molecule has 57 heavy (non-hydrogen) atoms. The first kappa shape index (κ1) is 43.4. The number of aryl methyl sites for hydroxylation is 1. The number of anilines is 1. The van der Waals surface area contributed by atoms with E-state index in [1.807, 2.05) is 34.0 Å². The van der Waals surface area contributed by atoms with Crippen LogP contribution < -0.4 is 20.1 Å². The Labute approximate surface area is 337 Å². The Balaban J connectivity index is 1.18. The molecule has 3 aromatic rings. The van der Waals surface area contributed by atoms with E-state index in [1.165, 1.54) is 44.1 Å². The van der Waals surface area contributed by atoms with Gasteiger partial charge in [0.2, 0.25) is 0 Å². The Bertz CT molecular complexity index is 1790. The molecule has 2 aromatic carbocycles. The van der Waals surface area contributed by atoms with Gasteiger partial charge < -0.3 is 39.2 Å². The minimum atomic E-state index is -0.895. The van der Waals surface area contributed by atoms with Crippen LogP contribution in [0.15, 0.2) is 42.6 Å². The lowest BCUT2D eigenvalue weighted by Crippen LogP contribution is -2.42. The van der Waals surface area contributed by atoms with E-state index in [0.29, 0.717) is 44.3 Å². The fourth-order valence-electron chi connectivity index (χ4n) is 7.14. The number of hydrogen-bond donors (Lipinski definition) is 2. The van der Waals surface area contributed by atoms with Crippen molar-refractivity contribution in [2.45, 2.75) is 117 Å². The van der Waals surface area contributed by atoms with Crippen LogP contribution in [0, 0.1) is 5.92 Å². The zero-order chi connectivity index (χ0) is 41.0. The Kier molecular flexibility index (Phi) is 15.3. The van der Waals surface area contributed by atoms with Crippen molar-refractivity contribution in [3.05, 3.63) is 53.7 Å². The van der Waals surface area contributed by atoms with E-state index >= 15 is 0 Å². The maximum absolute atomic E-state index is 13.4. The summed E-state index contributed by atoms with van der Waals surface area (Å²) < 4.78 is 30.7. The van der Waals surface area contributed by atoms with Gasteiger partial charge in [0.05, 0.1) is 18.9 Å². The van der Waals surface area contributed by atoms with Gasteiger partial charge in [0.25, 0.3) is 5.91 Å². The summed E-state index contributed by atoms with van der Waals surface area (Å²) in [6, 6.07) is 11.8. The summed E-state index contributed by atoms with van der Waals surface area (Å²) in [5, 5.41) is 14.7. The van der Waals surface area contributed by atoms with Gasteiger partial charge in [0.1, 0.15) is 22.6 Å². The fraction of sp³-hybridized carbons (Fsp3) is 0.605. The highest BCUT2D eigenvalue weighted by molar-refractivity contribution is 5.98. The third-order valence-corrected chi connectivity index (χ3v) is 9.84. The number of amides is 2. The Morgan fingerprint density at radius 2 is 1.74 bits per heavy atom. The van der Waals surface area contributed by atoms with E-state index in [0.717, 1.165) is 36.2 Å². The van der Waals surface area contributed by atoms with Crippen molar-refractivity contribution >= 4 is 23.8 Å². The first-order chi connectivity index (χ1) is 27.1. The van der Waals surface area contributed by atoms with Gasteiger partial charge in [0, 0.05) is 32.2 Å². The number of ether oxygens (including phenoxy) is 5. The van der Waals surface area contributed by atoms with Gasteiger partial charge in [-0.15, -0.1) is 5.10 Å². The normalized spacial score (nSPS) is 15.5. The summed E-state index contributed by atoms with van der Waals surface area (Å²) in [7, 11) is 1.87. The van der Waals surface area contributed by atoms with Crippen molar-refractivity contribution in [1.29, 1.82) is 0 Å². The number of carbonyl (C=O) groups is 3. The lowest BCUT2D eigenvalue weighted by molar-refractivity contribution is -0.118. The molecule has 1 aliphatic heterocycles. The Morgan fingerprint density at radius 1 is 0.982 bits per heavy atom. The molecule has 0 radical (unpaired) electrons. The molecule has 1 saturated carbocycles. The average molecular weight is 791 g/mol. The van der Waals surface area contributed by atoms with Crippen LogP contribution in [0.2, 0.25) is 0 Å². The molecule has 1 atom stereocenters. The molecule has 1 aromatic heterocycles. The highest BCUT2D eigenvalue weighted by atomic mass is 16.7. The summed E-state index contributed by atoms with van der Waals surface area (Å²) in [5.41, 5.74) is 2.68. The first-order valence-electron chi connectivity index (χ1n) is 20.4. The number of rotatable bonds is 16. The lowest BCUT2D eigenvalue weighted by Gasteiger charge is -2.29. The smallest absolute Gasteiger partial charge is 0.481 e. The molecule has 0 bridgehead atoms. The number of hydrogen-bond acceptors (Lipinski definition) is 11. The average Bonchev–Trinajstić information content (AvgIpc) is 3.39. The van der Waals surface area contributed by atoms with E-state index in [4.69, 9.17) is 23.7 Å². The molecule has 2 heterocycles. The van der Waals surface area contributed by atoms with Crippen LogP contribution in [0.1, 0.15) is 97.6 Å². The Morgan fingerprint density at radius 3 is 2.44 bits per heavy atom. The quantitative estimate of drug-likeness (QED) is 0.0642. The molecule has 312 valence electrons. The number of aromatic nitrogens is 3. The van der Waals surface area contributed by atoms with Crippen LogP contribution in [0.25, 0.3) is 11.3 Å². The van der Waals surface area contributed by atoms with E-state index in [9.17, 15) is 14.4 Å². The SMILES string of the molecule is Cn1cc(-c2cccc(CCOC(CCNCCN(CCc3ccc(OC(=O)OC(C)(C)C)c4c3OCC(=O)N4)C(=O)OC(C)(C)C)C3CCCCCC3)c2)nn1. The van der Waals surface area contributed by atoms with Crippen LogP contribution in [0.5, 0.6) is 11.5 Å². The molecule has 2 amide bonds. The molecule has 2 aliphatic rings. The number of carbonyl (C=O) groups excluding carboxylic acids is 3. The largest absolute Gasteiger partial charge is 0.514 e. The standard InChI is InChI=1S/C43H62N6O8/c1-42(2,3)56-40(51)49(24-20-32-17-18-36(55-41(52)57-43(4,5)6)38-39(32)54-29-37(50)45-38)25-23-44-22-19-35(31-14-10-8-9-11-15-31)53-26-21-30-13-12-16-33(27-30)34-28-48(7)47-46-34/h12-13,16-18,27-28,31,35,44H,8-11,14-15,19-26,29H2,1-7H3,(H,45,50). The number of nitrogens with one attached hydrogen (secondary N) is 2. The summed E-state index contributed by atoms with van der Waals surface area (Å²) >= 11 is 0. The predicted octanol–water partition coefficient (Wildman–Crippen LogP) is 7.48. The number of fused-ring (bicyclic) bond motifs is 1. The zero-order valence-corrected chi connectivity index (χ0v) is 34.9. The molecule has 0 saturated heterocycles. The molecule has 1 unspecified atom stereocenters. The highest BCUT2D eigenvalue weighted by Gasteiger charge is 2.28. The first-order valence-corrected chi connectivity index (χ1v) is 20.4. The maximum atomic E-state index is 13.4. The van der Waals surface area contributed by atoms with Crippen LogP contribution >= 0.6 is 0 Å². The summed E-state index contributed by atoms with van der Waals surface area (Å²) in [6.45, 7) is 13.3. The van der Waals surface area contributed by atoms with Gasteiger partial charge in [-0.2, -0.15) is 0 Å². The predicted molar refractivity (Wildman–Crippen MR) is 218 cm³/mol. The molecule has 1 aliphatic carbocycles. The third kappa shape index (κ3) is 14.0. The van der Waals surface area contributed by atoms with Crippen molar-refractivity contribution in [1.82, 2.24) is 25.2 Å². The van der Waals surface area contributed by atoms with E-state index in [1.54, 1.807) is 42.5 Å². The summed E-state index contributed by atoms with van der Waals surface area (Å²) in [5.74, 6) is 0.659. The molecular weight excluding hydrogens is 729 g/mol. The minimum Gasteiger partial charge on any atom is -0.481 e. The van der Waals surface area contributed by atoms with Crippen LogP contribution in [0.3, 0.4) is 0 Å². The van der Waals surface area contributed by atoms with Crippen LogP contribution in [-0.2, 0) is 38.9 Å². The van der Waals surface area contributed by atoms with Crippen molar-refractivity contribution in [2.75, 3.05) is 44.7 Å². The van der Waals surface area contributed by atoms with Gasteiger partial charge in [-0.05, 0) is 109 Å². The molecular formula is C43H62N6O8. The van der Waals surface area contributed by atoms with Crippen LogP contribution in [-0.4, -0.2) is 94.7 Å². The van der Waals surface area contributed by atoms with Gasteiger partial charge >= 0.3 is 12.2 Å². The van der Waals surface area contributed by atoms with Gasteiger partial charge in [-0.1, -0.05) is 55.2 Å². The molecule has 5 rings (SSSR count). The van der Waals surface area contributed by atoms with Gasteiger partial charge in [-0.3, -0.25) is 9.48 Å². The minimum absolute atomic E-state index is 0.114. The fourth-order valence-corrected chi connectivity index (χ4v) is 7.14. The van der Waals surface area contributed by atoms with Crippen molar-refractivity contribution in [2.24, 2.45) is 13.0 Å². The van der Waals surface area contributed by atoms with Crippen molar-refractivity contribution in [3.63, 3.8) is 0 Å². The van der Waals surface area contributed by atoms with E-state index < -0.39 is 23.5 Å². The molecule has 14 heteroatoms. The van der Waals surface area contributed by atoms with Crippen molar-refractivity contribution < 1.29 is 38.1 Å². The topological polar surface area (TPSA) is 155 Å². The third-order valence-electron chi connectivity index (χ3n) is 9.84. The monoisotopic (exact) mass is 790 g/mol. The molecule has 2 N–H and O–H groups in total.